The van der Waals surface area contributed by atoms with Crippen molar-refractivity contribution < 1.29 is 4.79 Å². The van der Waals surface area contributed by atoms with Gasteiger partial charge in [0.1, 0.15) is 4.32 Å². The summed E-state index contributed by atoms with van der Waals surface area (Å²) in [6, 6.07) is 16.9. The third-order valence-electron chi connectivity index (χ3n) is 4.93. The van der Waals surface area contributed by atoms with Gasteiger partial charge < -0.3 is 4.57 Å². The van der Waals surface area contributed by atoms with Gasteiger partial charge in [-0.2, -0.15) is 0 Å². The largest absolute Gasteiger partial charge is 0.318 e. The topological polar surface area (TPSA) is 25.2 Å². The second-order valence-electron chi connectivity index (χ2n) is 6.77. The van der Waals surface area contributed by atoms with E-state index in [1.54, 1.807) is 11.0 Å². The Morgan fingerprint density at radius 3 is 2.61 bits per heavy atom. The van der Waals surface area contributed by atoms with Gasteiger partial charge in [-0.05, 0) is 54.5 Å². The Kier molecular flexibility index (Phi) is 4.96. The van der Waals surface area contributed by atoms with Crippen LogP contribution in [-0.2, 0) is 4.79 Å². The number of hydrogen-bond acceptors (Lipinski definition) is 3. The number of amides is 1. The predicted molar refractivity (Wildman–Crippen MR) is 123 cm³/mol. The summed E-state index contributed by atoms with van der Waals surface area (Å²) in [5.74, 6) is -0.0505. The highest BCUT2D eigenvalue weighted by Crippen LogP contribution is 2.34. The number of fused-ring (bicyclic) bond motifs is 1. The number of aromatic nitrogens is 1. The summed E-state index contributed by atoms with van der Waals surface area (Å²) in [6.45, 7) is 8.31. The molecule has 140 valence electrons. The third-order valence-corrected chi connectivity index (χ3v) is 6.31. The Morgan fingerprint density at radius 2 is 1.86 bits per heavy atom. The quantitative estimate of drug-likeness (QED) is 0.320. The van der Waals surface area contributed by atoms with Gasteiger partial charge in [-0.25, -0.2) is 0 Å². The van der Waals surface area contributed by atoms with E-state index in [1.165, 1.54) is 22.5 Å². The van der Waals surface area contributed by atoms with E-state index in [-0.39, 0.29) is 5.91 Å². The van der Waals surface area contributed by atoms with Crippen LogP contribution in [0.5, 0.6) is 0 Å². The fraction of sp³-hybridized carbons (Fsp3) is 0.130. The second-order valence-corrected chi connectivity index (χ2v) is 8.45. The highest BCUT2D eigenvalue weighted by atomic mass is 32.2. The first-order valence-electron chi connectivity index (χ1n) is 9.04. The van der Waals surface area contributed by atoms with E-state index < -0.39 is 0 Å². The molecule has 1 amide bonds. The first-order chi connectivity index (χ1) is 13.5. The van der Waals surface area contributed by atoms with Crippen LogP contribution < -0.4 is 0 Å². The van der Waals surface area contributed by atoms with E-state index >= 15 is 0 Å². The summed E-state index contributed by atoms with van der Waals surface area (Å²) in [5, 5.41) is 2.43. The monoisotopic (exact) mass is 404 g/mol. The van der Waals surface area contributed by atoms with Crippen molar-refractivity contribution >= 4 is 51.1 Å². The average molecular weight is 405 g/mol. The van der Waals surface area contributed by atoms with Gasteiger partial charge in [0.15, 0.2) is 0 Å². The number of carbonyl (C=O) groups excluding carboxylic acids is 1. The Morgan fingerprint density at radius 1 is 1.11 bits per heavy atom. The molecule has 5 heteroatoms. The molecule has 1 aromatic heterocycles. The van der Waals surface area contributed by atoms with Crippen LogP contribution in [0.1, 0.15) is 17.0 Å². The molecule has 0 N–H and O–H groups in total. The zero-order valence-corrected chi connectivity index (χ0v) is 17.4. The van der Waals surface area contributed by atoms with E-state index in [2.05, 4.69) is 73.5 Å². The van der Waals surface area contributed by atoms with Gasteiger partial charge in [0.25, 0.3) is 5.91 Å². The highest BCUT2D eigenvalue weighted by Gasteiger charge is 2.31. The number of nitrogens with zero attached hydrogens (tertiary/aromatic N) is 2. The Hall–Kier alpha value is -2.63. The molecule has 1 fully saturated rings. The van der Waals surface area contributed by atoms with Gasteiger partial charge in [-0.15, -0.1) is 6.58 Å². The van der Waals surface area contributed by atoms with Crippen LogP contribution in [0.25, 0.3) is 22.5 Å². The molecule has 28 heavy (non-hydrogen) atoms. The normalized spacial score (nSPS) is 15.8. The Labute approximate surface area is 174 Å². The molecule has 0 atom stereocenters. The van der Waals surface area contributed by atoms with Gasteiger partial charge in [0, 0.05) is 23.6 Å². The van der Waals surface area contributed by atoms with Gasteiger partial charge in [-0.3, -0.25) is 9.69 Å². The SMILES string of the molecule is C=CCN1C(=O)C(=Cc2cc(C)n(-c3ccc4ccccc4c3)c2C)SC1=S. The van der Waals surface area contributed by atoms with E-state index in [0.29, 0.717) is 15.8 Å². The average Bonchev–Trinajstić information content (AvgIpc) is 3.11. The zero-order chi connectivity index (χ0) is 19.8. The molecule has 4 rings (SSSR count). The number of hydrogen-bond donors (Lipinski definition) is 0. The molecule has 1 aliphatic heterocycles. The molecule has 0 spiro atoms. The lowest BCUT2D eigenvalue weighted by Crippen LogP contribution is -2.27. The first kappa shape index (κ1) is 18.7. The van der Waals surface area contributed by atoms with Crippen LogP contribution >= 0.6 is 24.0 Å². The van der Waals surface area contributed by atoms with E-state index in [9.17, 15) is 4.79 Å². The number of thioether (sulfide) groups is 1. The smallest absolute Gasteiger partial charge is 0.266 e. The summed E-state index contributed by atoms with van der Waals surface area (Å²) in [5.41, 5.74) is 4.37. The van der Waals surface area contributed by atoms with E-state index in [4.69, 9.17) is 12.2 Å². The van der Waals surface area contributed by atoms with Crippen molar-refractivity contribution in [2.24, 2.45) is 0 Å². The molecule has 1 aliphatic rings. The summed E-state index contributed by atoms with van der Waals surface area (Å²) in [6.07, 6.45) is 3.64. The fourth-order valence-corrected chi connectivity index (χ4v) is 4.84. The van der Waals surface area contributed by atoms with Crippen molar-refractivity contribution in [2.45, 2.75) is 13.8 Å². The maximum absolute atomic E-state index is 12.6. The fourth-order valence-electron chi connectivity index (χ4n) is 3.57. The van der Waals surface area contributed by atoms with Gasteiger partial charge in [0.2, 0.25) is 0 Å². The summed E-state index contributed by atoms with van der Waals surface area (Å²) >= 11 is 6.69. The molecular weight excluding hydrogens is 384 g/mol. The maximum atomic E-state index is 12.6. The van der Waals surface area contributed by atoms with Crippen LogP contribution in [0, 0.1) is 13.8 Å². The van der Waals surface area contributed by atoms with E-state index in [0.717, 1.165) is 22.6 Å². The number of rotatable bonds is 4. The van der Waals surface area contributed by atoms with Crippen molar-refractivity contribution in [3.05, 3.63) is 83.0 Å². The lowest BCUT2D eigenvalue weighted by Gasteiger charge is -2.11. The molecule has 1 saturated heterocycles. The van der Waals surface area contributed by atoms with Crippen molar-refractivity contribution in [3.8, 4) is 5.69 Å². The Balaban J connectivity index is 1.74. The molecule has 3 nitrogen and oxygen atoms in total. The molecular formula is C23H20N2OS2. The molecule has 0 aliphatic carbocycles. The first-order valence-corrected chi connectivity index (χ1v) is 10.3. The summed E-state index contributed by atoms with van der Waals surface area (Å²) in [7, 11) is 0. The minimum Gasteiger partial charge on any atom is -0.318 e. The van der Waals surface area contributed by atoms with Gasteiger partial charge >= 0.3 is 0 Å². The van der Waals surface area contributed by atoms with Crippen molar-refractivity contribution in [1.82, 2.24) is 9.47 Å². The molecule has 0 unspecified atom stereocenters. The van der Waals surface area contributed by atoms with E-state index in [1.807, 2.05) is 6.08 Å². The molecule has 3 aromatic rings. The highest BCUT2D eigenvalue weighted by molar-refractivity contribution is 8.26. The minimum atomic E-state index is -0.0505. The third kappa shape index (κ3) is 3.21. The molecule has 0 saturated carbocycles. The molecule has 2 heterocycles. The van der Waals surface area contributed by atoms with Gasteiger partial charge in [0.05, 0.1) is 4.91 Å². The summed E-state index contributed by atoms with van der Waals surface area (Å²) < 4.78 is 2.81. The standard InChI is InChI=1S/C23H20N2OS2/c1-4-11-24-22(26)21(28-23(24)27)14-19-12-15(2)25(16(19)3)20-10-9-17-7-5-6-8-18(17)13-20/h4-10,12-14H,1,11H2,2-3H3. The number of aryl methyl sites for hydroxylation is 1. The van der Waals surface area contributed by atoms with Crippen LogP contribution in [-0.4, -0.2) is 26.2 Å². The number of benzene rings is 2. The lowest BCUT2D eigenvalue weighted by molar-refractivity contribution is -0.121. The molecule has 0 bridgehead atoms. The van der Waals surface area contributed by atoms with Crippen LogP contribution in [0.2, 0.25) is 0 Å². The van der Waals surface area contributed by atoms with Crippen molar-refractivity contribution in [2.75, 3.05) is 6.54 Å². The zero-order valence-electron chi connectivity index (χ0n) is 15.8. The molecule has 0 radical (unpaired) electrons. The number of carbonyl (C=O) groups is 1. The molecule has 2 aromatic carbocycles. The van der Waals surface area contributed by atoms with Crippen LogP contribution in [0.3, 0.4) is 0 Å². The lowest BCUT2D eigenvalue weighted by atomic mass is 10.1. The predicted octanol–water partition coefficient (Wildman–Crippen LogP) is 5.63. The Bertz CT molecular complexity index is 1160. The van der Waals surface area contributed by atoms with Crippen LogP contribution in [0.4, 0.5) is 0 Å². The van der Waals surface area contributed by atoms with Crippen molar-refractivity contribution in [1.29, 1.82) is 0 Å². The maximum Gasteiger partial charge on any atom is 0.266 e. The summed E-state index contributed by atoms with van der Waals surface area (Å²) in [4.78, 5) is 14.9. The van der Waals surface area contributed by atoms with Crippen LogP contribution in [0.15, 0.2) is 66.1 Å². The van der Waals surface area contributed by atoms with Crippen molar-refractivity contribution in [3.63, 3.8) is 0 Å². The van der Waals surface area contributed by atoms with Gasteiger partial charge in [-0.1, -0.05) is 60.4 Å². The minimum absolute atomic E-state index is 0.0505. The number of thiocarbonyl (C=S) groups is 1. The second kappa shape index (κ2) is 7.41.